The van der Waals surface area contributed by atoms with Crippen LogP contribution in [0.25, 0.3) is 11.4 Å². The average molecular weight is 310 g/mol. The molecule has 7 heteroatoms. The van der Waals surface area contributed by atoms with Crippen LogP contribution < -0.4 is 11.1 Å². The number of nitrogens with zero attached hydrogens (tertiary/aromatic N) is 3. The van der Waals surface area contributed by atoms with Crippen molar-refractivity contribution in [3.8, 4) is 11.4 Å². The molecule has 0 aliphatic rings. The van der Waals surface area contributed by atoms with Crippen LogP contribution in [0.1, 0.15) is 19.8 Å². The average Bonchev–Trinajstić information content (AvgIpc) is 2.83. The minimum absolute atomic E-state index is 0. The molecule has 6 nitrogen and oxygen atoms in total. The van der Waals surface area contributed by atoms with Gasteiger partial charge in [0.1, 0.15) is 6.33 Å². The van der Waals surface area contributed by atoms with Crippen LogP contribution in [0.2, 0.25) is 0 Å². The molecule has 21 heavy (non-hydrogen) atoms. The summed E-state index contributed by atoms with van der Waals surface area (Å²) in [6.07, 6.45) is 2.74. The summed E-state index contributed by atoms with van der Waals surface area (Å²) in [6, 6.07) is 7.58. The minimum Gasteiger partial charge on any atom is -0.328 e. The zero-order chi connectivity index (χ0) is 14.5. The molecule has 2 rings (SSSR count). The van der Waals surface area contributed by atoms with E-state index in [-0.39, 0.29) is 24.4 Å². The van der Waals surface area contributed by atoms with Gasteiger partial charge in [-0.25, -0.2) is 0 Å². The normalized spacial score (nSPS) is 11.6. The van der Waals surface area contributed by atoms with Gasteiger partial charge in [0.2, 0.25) is 5.91 Å². The number of halogens is 1. The number of carbonyl (C=O) groups is 1. The fraction of sp³-hybridized carbons (Fsp3) is 0.357. The standard InChI is InChI=1S/C14H19N5O.ClH/c1-10(15)6-7-13(20)17-12-5-3-4-11(8-12)14-18-16-9-19(14)2;/h3-5,8-10H,6-7,15H2,1-2H3,(H,17,20);1H. The largest absolute Gasteiger partial charge is 0.328 e. The molecule has 1 unspecified atom stereocenters. The van der Waals surface area contributed by atoms with E-state index in [1.807, 2.05) is 42.8 Å². The number of carbonyl (C=O) groups excluding carboxylic acids is 1. The minimum atomic E-state index is -0.0302. The van der Waals surface area contributed by atoms with Gasteiger partial charge in [0.15, 0.2) is 5.82 Å². The van der Waals surface area contributed by atoms with E-state index in [0.717, 1.165) is 17.1 Å². The van der Waals surface area contributed by atoms with Crippen molar-refractivity contribution in [3.05, 3.63) is 30.6 Å². The first-order valence-corrected chi connectivity index (χ1v) is 6.56. The molecule has 1 amide bonds. The zero-order valence-corrected chi connectivity index (χ0v) is 12.9. The molecule has 1 aromatic carbocycles. The second-order valence-corrected chi connectivity index (χ2v) is 4.91. The van der Waals surface area contributed by atoms with Crippen LogP contribution in [-0.4, -0.2) is 26.7 Å². The molecule has 2 aromatic rings. The van der Waals surface area contributed by atoms with E-state index in [0.29, 0.717) is 12.8 Å². The number of rotatable bonds is 5. The highest BCUT2D eigenvalue weighted by atomic mass is 35.5. The van der Waals surface area contributed by atoms with Crippen LogP contribution in [-0.2, 0) is 11.8 Å². The van der Waals surface area contributed by atoms with Crippen molar-refractivity contribution in [2.24, 2.45) is 12.8 Å². The number of amides is 1. The third-order valence-corrected chi connectivity index (χ3v) is 2.94. The molecule has 0 saturated carbocycles. The Hall–Kier alpha value is -1.92. The van der Waals surface area contributed by atoms with E-state index >= 15 is 0 Å². The summed E-state index contributed by atoms with van der Waals surface area (Å²) in [7, 11) is 1.88. The van der Waals surface area contributed by atoms with Crippen LogP contribution >= 0.6 is 12.4 Å². The Balaban J connectivity index is 0.00000220. The monoisotopic (exact) mass is 309 g/mol. The molecule has 0 radical (unpaired) electrons. The number of hydrogen-bond donors (Lipinski definition) is 2. The molecular formula is C14H20ClN5O. The van der Waals surface area contributed by atoms with Crippen LogP contribution in [0.5, 0.6) is 0 Å². The van der Waals surface area contributed by atoms with Crippen molar-refractivity contribution < 1.29 is 4.79 Å². The molecule has 3 N–H and O–H groups in total. The van der Waals surface area contributed by atoms with Crippen molar-refractivity contribution in [1.82, 2.24) is 14.8 Å². The molecule has 0 fully saturated rings. The molecule has 0 spiro atoms. The molecule has 0 aliphatic carbocycles. The van der Waals surface area contributed by atoms with Gasteiger partial charge in [-0.1, -0.05) is 12.1 Å². The maximum Gasteiger partial charge on any atom is 0.224 e. The Morgan fingerprint density at radius 2 is 2.24 bits per heavy atom. The summed E-state index contributed by atoms with van der Waals surface area (Å²) >= 11 is 0. The molecule has 0 bridgehead atoms. The number of nitrogens with one attached hydrogen (secondary N) is 1. The lowest BCUT2D eigenvalue weighted by molar-refractivity contribution is -0.116. The highest BCUT2D eigenvalue weighted by Gasteiger charge is 2.07. The molecule has 1 aromatic heterocycles. The van der Waals surface area contributed by atoms with Crippen molar-refractivity contribution in [2.75, 3.05) is 5.32 Å². The van der Waals surface area contributed by atoms with Crippen molar-refractivity contribution >= 4 is 24.0 Å². The lowest BCUT2D eigenvalue weighted by atomic mass is 10.1. The van der Waals surface area contributed by atoms with Gasteiger partial charge < -0.3 is 15.6 Å². The summed E-state index contributed by atoms with van der Waals surface area (Å²) in [6.45, 7) is 1.89. The molecule has 114 valence electrons. The number of anilines is 1. The van der Waals surface area contributed by atoms with Gasteiger partial charge >= 0.3 is 0 Å². The van der Waals surface area contributed by atoms with Gasteiger partial charge in [0, 0.05) is 30.8 Å². The Kier molecular flexibility index (Phi) is 6.33. The highest BCUT2D eigenvalue weighted by molar-refractivity contribution is 5.91. The fourth-order valence-corrected chi connectivity index (χ4v) is 1.86. The van der Waals surface area contributed by atoms with Gasteiger partial charge in [0.05, 0.1) is 0 Å². The molecule has 0 aliphatic heterocycles. The van der Waals surface area contributed by atoms with Crippen molar-refractivity contribution in [3.63, 3.8) is 0 Å². The van der Waals surface area contributed by atoms with E-state index in [2.05, 4.69) is 15.5 Å². The van der Waals surface area contributed by atoms with Gasteiger partial charge in [-0.3, -0.25) is 4.79 Å². The predicted octanol–water partition coefficient (Wildman–Crippen LogP) is 1.97. The summed E-state index contributed by atoms with van der Waals surface area (Å²) in [5, 5.41) is 10.8. The van der Waals surface area contributed by atoms with Gasteiger partial charge in [-0.05, 0) is 25.5 Å². The topological polar surface area (TPSA) is 85.8 Å². The Bertz CT molecular complexity index is 597. The van der Waals surface area contributed by atoms with Gasteiger partial charge in [0.25, 0.3) is 0 Å². The second-order valence-electron chi connectivity index (χ2n) is 4.91. The van der Waals surface area contributed by atoms with Crippen LogP contribution in [0, 0.1) is 0 Å². The lowest BCUT2D eigenvalue weighted by Gasteiger charge is -2.08. The number of aromatic nitrogens is 3. The Morgan fingerprint density at radius 3 is 2.86 bits per heavy atom. The summed E-state index contributed by atoms with van der Waals surface area (Å²) in [5.74, 6) is 0.731. The van der Waals surface area contributed by atoms with E-state index in [1.54, 1.807) is 6.33 Å². The summed E-state index contributed by atoms with van der Waals surface area (Å²) < 4.78 is 1.83. The van der Waals surface area contributed by atoms with Crippen molar-refractivity contribution in [1.29, 1.82) is 0 Å². The molecule has 1 atom stereocenters. The van der Waals surface area contributed by atoms with Crippen LogP contribution in [0.3, 0.4) is 0 Å². The van der Waals surface area contributed by atoms with Crippen molar-refractivity contribution in [2.45, 2.75) is 25.8 Å². The first kappa shape index (κ1) is 17.1. The first-order chi connectivity index (χ1) is 9.56. The second kappa shape index (κ2) is 7.75. The fourth-order valence-electron chi connectivity index (χ4n) is 1.86. The maximum absolute atomic E-state index is 11.8. The van der Waals surface area contributed by atoms with Gasteiger partial charge in [-0.2, -0.15) is 0 Å². The Labute approximate surface area is 130 Å². The third kappa shape index (κ3) is 4.84. The van der Waals surface area contributed by atoms with E-state index in [1.165, 1.54) is 0 Å². The maximum atomic E-state index is 11.8. The smallest absolute Gasteiger partial charge is 0.224 e. The summed E-state index contributed by atoms with van der Waals surface area (Å²) in [4.78, 5) is 11.8. The molecule has 0 saturated heterocycles. The van der Waals surface area contributed by atoms with E-state index < -0.39 is 0 Å². The number of aryl methyl sites for hydroxylation is 1. The first-order valence-electron chi connectivity index (χ1n) is 6.56. The molecule has 1 heterocycles. The van der Waals surface area contributed by atoms with Gasteiger partial charge in [-0.15, -0.1) is 22.6 Å². The van der Waals surface area contributed by atoms with Crippen LogP contribution in [0.15, 0.2) is 30.6 Å². The SMILES string of the molecule is CC(N)CCC(=O)Nc1cccc(-c2nncn2C)c1.Cl. The summed E-state index contributed by atoms with van der Waals surface area (Å²) in [5.41, 5.74) is 7.30. The number of hydrogen-bond acceptors (Lipinski definition) is 4. The highest BCUT2D eigenvalue weighted by Crippen LogP contribution is 2.20. The lowest BCUT2D eigenvalue weighted by Crippen LogP contribution is -2.19. The predicted molar refractivity (Wildman–Crippen MR) is 85.2 cm³/mol. The zero-order valence-electron chi connectivity index (χ0n) is 12.1. The third-order valence-electron chi connectivity index (χ3n) is 2.94. The number of benzene rings is 1. The Morgan fingerprint density at radius 1 is 1.48 bits per heavy atom. The number of nitrogens with two attached hydrogens (primary N) is 1. The van der Waals surface area contributed by atoms with Crippen LogP contribution in [0.4, 0.5) is 5.69 Å². The quantitative estimate of drug-likeness (QED) is 0.884. The van der Waals surface area contributed by atoms with E-state index in [4.69, 9.17) is 5.73 Å². The van der Waals surface area contributed by atoms with E-state index in [9.17, 15) is 4.79 Å². The molecular weight excluding hydrogens is 290 g/mol.